The van der Waals surface area contributed by atoms with Crippen molar-refractivity contribution in [2.45, 2.75) is 73.0 Å². The van der Waals surface area contributed by atoms with Crippen LogP contribution < -0.4 is 0 Å². The van der Waals surface area contributed by atoms with Gasteiger partial charge in [0.1, 0.15) is 11.7 Å². The van der Waals surface area contributed by atoms with Crippen molar-refractivity contribution in [2.75, 3.05) is 0 Å². The molecular weight excluding hydrogens is 204 g/mol. The summed E-state index contributed by atoms with van der Waals surface area (Å²) in [6.07, 6.45) is 1.10. The smallest absolute Gasteiger partial charge is 0.431 e. The van der Waals surface area contributed by atoms with E-state index in [1.165, 1.54) is 0 Å². The summed E-state index contributed by atoms with van der Waals surface area (Å²) in [6, 6.07) is 0. The molecule has 1 atom stereocenters. The summed E-state index contributed by atoms with van der Waals surface area (Å²) in [5, 5.41) is 0. The lowest BCUT2D eigenvalue weighted by Crippen LogP contribution is -2.33. The van der Waals surface area contributed by atoms with Gasteiger partial charge >= 0.3 is 6.16 Å². The zero-order valence-electron chi connectivity index (χ0n) is 11.7. The minimum Gasteiger partial charge on any atom is -0.431 e. The summed E-state index contributed by atoms with van der Waals surface area (Å²) < 4.78 is 10.5. The summed E-state index contributed by atoms with van der Waals surface area (Å²) in [7, 11) is 0. The molecule has 0 bridgehead atoms. The van der Waals surface area contributed by atoms with E-state index in [2.05, 4.69) is 6.92 Å². The molecule has 0 saturated carbocycles. The SMILES string of the molecule is CCCC(C)(C)OC(=O)OC(C)C(C)(C)C. The van der Waals surface area contributed by atoms with Crippen LogP contribution >= 0.6 is 0 Å². The molecular formula is C13H26O3. The molecule has 0 saturated heterocycles. The maximum Gasteiger partial charge on any atom is 0.509 e. The van der Waals surface area contributed by atoms with E-state index in [1.54, 1.807) is 0 Å². The van der Waals surface area contributed by atoms with Gasteiger partial charge in [0.25, 0.3) is 0 Å². The van der Waals surface area contributed by atoms with Crippen molar-refractivity contribution in [2.24, 2.45) is 5.41 Å². The molecule has 3 heteroatoms. The molecule has 0 N–H and O–H groups in total. The summed E-state index contributed by atoms with van der Waals surface area (Å²) in [5.41, 5.74) is -0.503. The van der Waals surface area contributed by atoms with Gasteiger partial charge in [0.15, 0.2) is 0 Å². The lowest BCUT2D eigenvalue weighted by Gasteiger charge is -2.29. The molecule has 0 radical (unpaired) electrons. The first-order chi connectivity index (χ1) is 7.08. The Kier molecular flexibility index (Phi) is 5.30. The summed E-state index contributed by atoms with van der Waals surface area (Å²) >= 11 is 0. The van der Waals surface area contributed by atoms with E-state index >= 15 is 0 Å². The van der Waals surface area contributed by atoms with E-state index in [0.717, 1.165) is 12.8 Å². The Balaban J connectivity index is 4.19. The summed E-state index contributed by atoms with van der Waals surface area (Å²) in [5.74, 6) is 0. The Bertz CT molecular complexity index is 226. The molecule has 0 aliphatic rings. The molecule has 0 rings (SSSR count). The molecule has 0 aliphatic heterocycles. The molecule has 16 heavy (non-hydrogen) atoms. The highest BCUT2D eigenvalue weighted by molar-refractivity contribution is 5.60. The molecule has 0 aromatic heterocycles. The first-order valence-corrected chi connectivity index (χ1v) is 5.98. The van der Waals surface area contributed by atoms with Crippen LogP contribution in [0.1, 0.15) is 61.3 Å². The van der Waals surface area contributed by atoms with Gasteiger partial charge in [-0.1, -0.05) is 34.1 Å². The number of hydrogen-bond acceptors (Lipinski definition) is 3. The van der Waals surface area contributed by atoms with E-state index in [1.807, 2.05) is 41.5 Å². The van der Waals surface area contributed by atoms with Crippen LogP contribution in [0.25, 0.3) is 0 Å². The Morgan fingerprint density at radius 1 is 1.19 bits per heavy atom. The molecule has 1 unspecified atom stereocenters. The van der Waals surface area contributed by atoms with Gasteiger partial charge in [-0.15, -0.1) is 0 Å². The third-order valence-corrected chi connectivity index (χ3v) is 2.70. The van der Waals surface area contributed by atoms with Crippen molar-refractivity contribution in [3.8, 4) is 0 Å². The number of hydrogen-bond donors (Lipinski definition) is 0. The second-order valence-electron chi connectivity index (χ2n) is 5.99. The predicted octanol–water partition coefficient (Wildman–Crippen LogP) is 4.15. The molecule has 0 amide bonds. The van der Waals surface area contributed by atoms with Gasteiger partial charge in [-0.25, -0.2) is 4.79 Å². The molecule has 0 fully saturated rings. The van der Waals surface area contributed by atoms with Crippen molar-refractivity contribution in [3.63, 3.8) is 0 Å². The molecule has 96 valence electrons. The molecule has 3 nitrogen and oxygen atoms in total. The highest BCUT2D eigenvalue weighted by atomic mass is 16.7. The average Bonchev–Trinajstić information content (AvgIpc) is 1.99. The molecule has 0 aromatic rings. The van der Waals surface area contributed by atoms with Crippen LogP contribution in [0.3, 0.4) is 0 Å². The normalized spacial score (nSPS) is 14.4. The van der Waals surface area contributed by atoms with E-state index in [-0.39, 0.29) is 11.5 Å². The van der Waals surface area contributed by atoms with Crippen molar-refractivity contribution in [3.05, 3.63) is 0 Å². The highest BCUT2D eigenvalue weighted by Crippen LogP contribution is 2.24. The van der Waals surface area contributed by atoms with Crippen molar-refractivity contribution in [1.82, 2.24) is 0 Å². The molecule has 0 aliphatic carbocycles. The van der Waals surface area contributed by atoms with Crippen LogP contribution in [0.4, 0.5) is 4.79 Å². The van der Waals surface area contributed by atoms with Gasteiger partial charge in [0, 0.05) is 0 Å². The average molecular weight is 230 g/mol. The quantitative estimate of drug-likeness (QED) is 0.680. The maximum atomic E-state index is 11.5. The van der Waals surface area contributed by atoms with E-state index < -0.39 is 11.8 Å². The van der Waals surface area contributed by atoms with E-state index in [4.69, 9.17) is 9.47 Å². The largest absolute Gasteiger partial charge is 0.509 e. The monoisotopic (exact) mass is 230 g/mol. The van der Waals surface area contributed by atoms with E-state index in [9.17, 15) is 4.79 Å². The Morgan fingerprint density at radius 3 is 2.06 bits per heavy atom. The van der Waals surface area contributed by atoms with Crippen LogP contribution in [0.15, 0.2) is 0 Å². The van der Waals surface area contributed by atoms with Gasteiger partial charge in [0.05, 0.1) is 0 Å². The van der Waals surface area contributed by atoms with Gasteiger partial charge < -0.3 is 9.47 Å². The number of ether oxygens (including phenoxy) is 2. The van der Waals surface area contributed by atoms with Crippen LogP contribution in [0.5, 0.6) is 0 Å². The Hall–Kier alpha value is -0.730. The third kappa shape index (κ3) is 5.99. The molecule has 0 aromatic carbocycles. The standard InChI is InChI=1S/C13H26O3/c1-8-9-13(6,7)16-11(14)15-10(2)12(3,4)5/h10H,8-9H2,1-7H3. The van der Waals surface area contributed by atoms with Crippen LogP contribution in [0.2, 0.25) is 0 Å². The van der Waals surface area contributed by atoms with Crippen molar-refractivity contribution < 1.29 is 14.3 Å². The lowest BCUT2D eigenvalue weighted by atomic mass is 9.90. The molecule has 0 spiro atoms. The van der Waals surface area contributed by atoms with Gasteiger partial charge in [-0.3, -0.25) is 0 Å². The van der Waals surface area contributed by atoms with Gasteiger partial charge in [-0.05, 0) is 32.6 Å². The second kappa shape index (κ2) is 5.55. The van der Waals surface area contributed by atoms with Crippen molar-refractivity contribution >= 4 is 6.16 Å². The van der Waals surface area contributed by atoms with Crippen LogP contribution in [-0.4, -0.2) is 17.9 Å². The fourth-order valence-corrected chi connectivity index (χ4v) is 1.22. The number of carbonyl (C=O) groups excluding carboxylic acids is 1. The fourth-order valence-electron chi connectivity index (χ4n) is 1.22. The van der Waals surface area contributed by atoms with Crippen LogP contribution in [-0.2, 0) is 9.47 Å². The number of rotatable bonds is 4. The Labute approximate surface area is 99.5 Å². The lowest BCUT2D eigenvalue weighted by molar-refractivity contribution is -0.0544. The third-order valence-electron chi connectivity index (χ3n) is 2.70. The Morgan fingerprint density at radius 2 is 1.69 bits per heavy atom. The minimum atomic E-state index is -0.569. The maximum absolute atomic E-state index is 11.5. The van der Waals surface area contributed by atoms with Crippen LogP contribution in [0, 0.1) is 5.41 Å². The first kappa shape index (κ1) is 15.3. The second-order valence-corrected chi connectivity index (χ2v) is 5.99. The zero-order chi connectivity index (χ0) is 13.0. The van der Waals surface area contributed by atoms with E-state index in [0.29, 0.717) is 0 Å². The predicted molar refractivity (Wildman–Crippen MR) is 65.5 cm³/mol. The van der Waals surface area contributed by atoms with Gasteiger partial charge in [-0.2, -0.15) is 0 Å². The fraction of sp³-hybridized carbons (Fsp3) is 0.923. The highest BCUT2D eigenvalue weighted by Gasteiger charge is 2.28. The topological polar surface area (TPSA) is 35.5 Å². The summed E-state index contributed by atoms with van der Waals surface area (Å²) in [4.78, 5) is 11.5. The van der Waals surface area contributed by atoms with Gasteiger partial charge in [0.2, 0.25) is 0 Å². The zero-order valence-corrected chi connectivity index (χ0v) is 11.7. The minimum absolute atomic E-state index is 0.0616. The summed E-state index contributed by atoms with van der Waals surface area (Å²) in [6.45, 7) is 13.8. The molecule has 0 heterocycles. The first-order valence-electron chi connectivity index (χ1n) is 5.98. The van der Waals surface area contributed by atoms with Crippen molar-refractivity contribution in [1.29, 1.82) is 0 Å². The number of carbonyl (C=O) groups is 1.